The third-order valence-corrected chi connectivity index (χ3v) is 1.82. The minimum atomic E-state index is 0.0976. The van der Waals surface area contributed by atoms with Crippen molar-refractivity contribution in [2.45, 2.75) is 20.0 Å². The van der Waals surface area contributed by atoms with Gasteiger partial charge in [-0.2, -0.15) is 0 Å². The average molecular weight is 210 g/mol. The molecule has 0 aromatic heterocycles. The van der Waals surface area contributed by atoms with E-state index >= 15 is 0 Å². The largest absolute Gasteiger partial charge is 0.489 e. The molecule has 0 fully saturated rings. The van der Waals surface area contributed by atoms with Crippen LogP contribution in [0.15, 0.2) is 18.2 Å². The minimum absolute atomic E-state index is 0.0976. The molecule has 0 unspecified atom stereocenters. The highest BCUT2D eigenvalue weighted by Gasteiger charge is 2.03. The van der Waals surface area contributed by atoms with Gasteiger partial charge in [0.25, 0.3) is 0 Å². The van der Waals surface area contributed by atoms with E-state index in [0.29, 0.717) is 18.0 Å². The zero-order valence-electron chi connectivity index (χ0n) is 9.16. The number of nitrogens with two attached hydrogens (primary N) is 1. The number of hydrogen-bond donors (Lipinski definition) is 3. The summed E-state index contributed by atoms with van der Waals surface area (Å²) in [6.07, 6.45) is 0.0976. The van der Waals surface area contributed by atoms with Crippen molar-refractivity contribution in [1.82, 2.24) is 0 Å². The van der Waals surface area contributed by atoms with Crippen molar-refractivity contribution in [3.63, 3.8) is 0 Å². The standard InChI is InChI=1S/C11H18N2O2/c1-8(2)15-11-7-9(13-5-6-14)3-4-10(11)12/h3-4,7-8,13-14H,5-6,12H2,1-2H3. The molecule has 0 saturated carbocycles. The van der Waals surface area contributed by atoms with Gasteiger partial charge in [0.2, 0.25) is 0 Å². The summed E-state index contributed by atoms with van der Waals surface area (Å²) in [5, 5.41) is 11.7. The van der Waals surface area contributed by atoms with Crippen molar-refractivity contribution in [2.75, 3.05) is 24.2 Å². The molecule has 0 amide bonds. The molecule has 1 aromatic rings. The lowest BCUT2D eigenvalue weighted by atomic mass is 10.2. The summed E-state index contributed by atoms with van der Waals surface area (Å²) in [4.78, 5) is 0. The Balaban J connectivity index is 2.75. The lowest BCUT2D eigenvalue weighted by Crippen LogP contribution is -2.09. The highest BCUT2D eigenvalue weighted by Crippen LogP contribution is 2.26. The Bertz CT molecular complexity index is 313. The number of ether oxygens (including phenoxy) is 1. The Morgan fingerprint density at radius 2 is 2.20 bits per heavy atom. The first-order chi connectivity index (χ1) is 7.13. The third kappa shape index (κ3) is 3.67. The van der Waals surface area contributed by atoms with E-state index in [0.717, 1.165) is 5.69 Å². The van der Waals surface area contributed by atoms with Crippen LogP contribution in [0.5, 0.6) is 5.75 Å². The molecule has 0 aliphatic carbocycles. The summed E-state index contributed by atoms with van der Waals surface area (Å²) >= 11 is 0. The van der Waals surface area contributed by atoms with Crippen molar-refractivity contribution in [3.05, 3.63) is 18.2 Å². The molecule has 0 saturated heterocycles. The first kappa shape index (κ1) is 11.7. The maximum atomic E-state index is 8.68. The van der Waals surface area contributed by atoms with Crippen LogP contribution in [0.4, 0.5) is 11.4 Å². The first-order valence-electron chi connectivity index (χ1n) is 5.04. The molecule has 0 aliphatic heterocycles. The van der Waals surface area contributed by atoms with Crippen LogP contribution in [0.25, 0.3) is 0 Å². The molecule has 0 spiro atoms. The lowest BCUT2D eigenvalue weighted by molar-refractivity contribution is 0.244. The van der Waals surface area contributed by atoms with Crippen LogP contribution in [0.2, 0.25) is 0 Å². The first-order valence-corrected chi connectivity index (χ1v) is 5.04. The van der Waals surface area contributed by atoms with Gasteiger partial charge in [-0.25, -0.2) is 0 Å². The van der Waals surface area contributed by atoms with Crippen LogP contribution < -0.4 is 15.8 Å². The van der Waals surface area contributed by atoms with E-state index in [1.54, 1.807) is 6.07 Å². The zero-order chi connectivity index (χ0) is 11.3. The Hall–Kier alpha value is -1.42. The van der Waals surface area contributed by atoms with E-state index in [1.807, 2.05) is 26.0 Å². The van der Waals surface area contributed by atoms with Gasteiger partial charge in [-0.1, -0.05) is 0 Å². The third-order valence-electron chi connectivity index (χ3n) is 1.82. The van der Waals surface area contributed by atoms with Crippen molar-refractivity contribution in [2.24, 2.45) is 0 Å². The van der Waals surface area contributed by atoms with Crippen molar-refractivity contribution >= 4 is 11.4 Å². The van der Waals surface area contributed by atoms with Crippen LogP contribution in [0.3, 0.4) is 0 Å². The van der Waals surface area contributed by atoms with E-state index in [2.05, 4.69) is 5.32 Å². The van der Waals surface area contributed by atoms with Gasteiger partial charge < -0.3 is 20.9 Å². The normalized spacial score (nSPS) is 10.4. The number of nitrogen functional groups attached to an aromatic ring is 1. The highest BCUT2D eigenvalue weighted by atomic mass is 16.5. The van der Waals surface area contributed by atoms with Crippen LogP contribution >= 0.6 is 0 Å². The summed E-state index contributed by atoms with van der Waals surface area (Å²) in [7, 11) is 0. The minimum Gasteiger partial charge on any atom is -0.489 e. The average Bonchev–Trinajstić information content (AvgIpc) is 2.18. The summed E-state index contributed by atoms with van der Waals surface area (Å²) < 4.78 is 5.54. The summed E-state index contributed by atoms with van der Waals surface area (Å²) in [6, 6.07) is 5.49. The molecule has 1 aromatic carbocycles. The molecule has 0 aliphatic rings. The molecule has 1 rings (SSSR count). The number of aliphatic hydroxyl groups is 1. The molecule has 0 heterocycles. The summed E-state index contributed by atoms with van der Waals surface area (Å²) in [5.41, 5.74) is 7.28. The molecule has 4 N–H and O–H groups in total. The molecular weight excluding hydrogens is 192 g/mol. The summed E-state index contributed by atoms with van der Waals surface area (Å²) in [5.74, 6) is 0.674. The maximum Gasteiger partial charge on any atom is 0.144 e. The SMILES string of the molecule is CC(C)Oc1cc(NCCO)ccc1N. The number of nitrogens with one attached hydrogen (secondary N) is 1. The number of anilines is 2. The summed E-state index contributed by atoms with van der Waals surface area (Å²) in [6.45, 7) is 4.52. The molecule has 15 heavy (non-hydrogen) atoms. The van der Waals surface area contributed by atoms with E-state index in [4.69, 9.17) is 15.6 Å². The van der Waals surface area contributed by atoms with Crippen molar-refractivity contribution in [3.8, 4) is 5.75 Å². The highest BCUT2D eigenvalue weighted by molar-refractivity contribution is 5.61. The number of benzene rings is 1. The van der Waals surface area contributed by atoms with Gasteiger partial charge in [-0.3, -0.25) is 0 Å². The fourth-order valence-corrected chi connectivity index (χ4v) is 1.20. The second kappa shape index (κ2) is 5.46. The van der Waals surface area contributed by atoms with Crippen molar-refractivity contribution in [1.29, 1.82) is 0 Å². The van der Waals surface area contributed by atoms with Gasteiger partial charge in [-0.05, 0) is 26.0 Å². The molecule has 4 heteroatoms. The van der Waals surface area contributed by atoms with Crippen LogP contribution in [-0.2, 0) is 0 Å². The predicted octanol–water partition coefficient (Wildman–Crippen LogP) is 1.46. The number of rotatable bonds is 5. The molecule has 4 nitrogen and oxygen atoms in total. The monoisotopic (exact) mass is 210 g/mol. The van der Waals surface area contributed by atoms with Crippen LogP contribution in [0.1, 0.15) is 13.8 Å². The Morgan fingerprint density at radius 3 is 2.80 bits per heavy atom. The maximum absolute atomic E-state index is 8.68. The van der Waals surface area contributed by atoms with Gasteiger partial charge in [0.15, 0.2) is 0 Å². The zero-order valence-corrected chi connectivity index (χ0v) is 9.16. The molecule has 84 valence electrons. The van der Waals surface area contributed by atoms with E-state index in [-0.39, 0.29) is 12.7 Å². The quantitative estimate of drug-likeness (QED) is 0.644. The van der Waals surface area contributed by atoms with Crippen LogP contribution in [0, 0.1) is 0 Å². The Labute approximate surface area is 90.1 Å². The van der Waals surface area contributed by atoms with Gasteiger partial charge in [0.1, 0.15) is 5.75 Å². The fourth-order valence-electron chi connectivity index (χ4n) is 1.20. The number of aliphatic hydroxyl groups excluding tert-OH is 1. The van der Waals surface area contributed by atoms with Gasteiger partial charge in [-0.15, -0.1) is 0 Å². The van der Waals surface area contributed by atoms with E-state index in [9.17, 15) is 0 Å². The van der Waals surface area contributed by atoms with Crippen molar-refractivity contribution < 1.29 is 9.84 Å². The fraction of sp³-hybridized carbons (Fsp3) is 0.455. The molecule has 0 bridgehead atoms. The molecule has 0 radical (unpaired) electrons. The van der Waals surface area contributed by atoms with Gasteiger partial charge in [0, 0.05) is 18.3 Å². The van der Waals surface area contributed by atoms with E-state index in [1.165, 1.54) is 0 Å². The Morgan fingerprint density at radius 1 is 1.47 bits per heavy atom. The predicted molar refractivity (Wildman–Crippen MR) is 62.2 cm³/mol. The van der Waals surface area contributed by atoms with E-state index < -0.39 is 0 Å². The second-order valence-corrected chi connectivity index (χ2v) is 3.57. The smallest absolute Gasteiger partial charge is 0.144 e. The Kier molecular flexibility index (Phi) is 4.24. The lowest BCUT2D eigenvalue weighted by Gasteiger charge is -2.13. The second-order valence-electron chi connectivity index (χ2n) is 3.57. The topological polar surface area (TPSA) is 67.5 Å². The molecule has 0 atom stereocenters. The molecular formula is C11H18N2O2. The van der Waals surface area contributed by atoms with Gasteiger partial charge >= 0.3 is 0 Å². The van der Waals surface area contributed by atoms with Crippen LogP contribution in [-0.4, -0.2) is 24.4 Å². The number of hydrogen-bond acceptors (Lipinski definition) is 4. The van der Waals surface area contributed by atoms with Gasteiger partial charge in [0.05, 0.1) is 18.4 Å².